The van der Waals surface area contributed by atoms with E-state index in [-0.39, 0.29) is 12.1 Å². The molecule has 0 aliphatic carbocycles. The predicted octanol–water partition coefficient (Wildman–Crippen LogP) is 6.51. The van der Waals surface area contributed by atoms with Gasteiger partial charge in [0.05, 0.1) is 11.4 Å². The number of rotatable bonds is 3. The SMILES string of the molecule is CC(C)(C)OC(=O)N1C[C@H]2C[C@@H]1CN2CCN1c2ccc(Br)cc2Sc2cc(Br)ccc21. The summed E-state index contributed by atoms with van der Waals surface area (Å²) in [6.45, 7) is 9.35. The molecule has 1 amide bonds. The van der Waals surface area contributed by atoms with Crippen molar-refractivity contribution in [2.75, 3.05) is 31.1 Å². The Labute approximate surface area is 210 Å². The second-order valence-electron chi connectivity index (χ2n) is 9.65. The average molecular weight is 581 g/mol. The van der Waals surface area contributed by atoms with Crippen LogP contribution in [0.1, 0.15) is 27.2 Å². The third-order valence-electron chi connectivity index (χ3n) is 6.24. The third kappa shape index (κ3) is 4.43. The fourth-order valence-corrected chi connectivity index (χ4v) is 7.07. The largest absolute Gasteiger partial charge is 0.444 e. The fraction of sp³-hybridized carbons (Fsp3) is 0.458. The maximum atomic E-state index is 12.6. The van der Waals surface area contributed by atoms with E-state index in [4.69, 9.17) is 4.74 Å². The van der Waals surface area contributed by atoms with Gasteiger partial charge in [-0.3, -0.25) is 4.90 Å². The molecule has 170 valence electrons. The van der Waals surface area contributed by atoms with E-state index < -0.39 is 5.60 Å². The highest BCUT2D eigenvalue weighted by molar-refractivity contribution is 9.10. The number of carbonyl (C=O) groups excluding carboxylic acids is 1. The summed E-state index contributed by atoms with van der Waals surface area (Å²) in [5, 5.41) is 0. The van der Waals surface area contributed by atoms with Crippen LogP contribution in [0, 0.1) is 0 Å². The van der Waals surface area contributed by atoms with Gasteiger partial charge in [-0.1, -0.05) is 43.6 Å². The fourth-order valence-electron chi connectivity index (χ4n) is 4.87. The number of benzene rings is 2. The minimum Gasteiger partial charge on any atom is -0.444 e. The second kappa shape index (κ2) is 8.53. The molecule has 0 aromatic heterocycles. The van der Waals surface area contributed by atoms with Crippen LogP contribution in [0.4, 0.5) is 16.2 Å². The summed E-state index contributed by atoms with van der Waals surface area (Å²) in [6.07, 6.45) is 0.874. The lowest BCUT2D eigenvalue weighted by Crippen LogP contribution is -2.51. The summed E-state index contributed by atoms with van der Waals surface area (Å²) >= 11 is 9.07. The van der Waals surface area contributed by atoms with Crippen molar-refractivity contribution in [2.24, 2.45) is 0 Å². The standard InChI is InChI=1S/C24H27Br2N3O2S/c1-24(2,3)31-23(30)29-14-17-12-18(29)13-27(17)8-9-28-19-6-4-15(25)10-21(19)32-22-11-16(26)5-7-20(22)28/h4-7,10-11,17-18H,8-9,12-14H2,1-3H3/t17-,18-/m1/s1. The molecule has 0 radical (unpaired) electrons. The first-order valence-electron chi connectivity index (χ1n) is 11.0. The highest BCUT2D eigenvalue weighted by Gasteiger charge is 2.46. The van der Waals surface area contributed by atoms with Crippen molar-refractivity contribution in [3.63, 3.8) is 0 Å². The zero-order chi connectivity index (χ0) is 22.6. The van der Waals surface area contributed by atoms with E-state index in [2.05, 4.69) is 78.1 Å². The molecule has 0 N–H and O–H groups in total. The van der Waals surface area contributed by atoms with Crippen LogP contribution < -0.4 is 4.90 Å². The Balaban J connectivity index is 1.29. The summed E-state index contributed by atoms with van der Waals surface area (Å²) in [4.78, 5) is 22.0. The molecule has 5 nitrogen and oxygen atoms in total. The Morgan fingerprint density at radius 3 is 2.16 bits per heavy atom. The van der Waals surface area contributed by atoms with Crippen LogP contribution in [0.5, 0.6) is 0 Å². The maximum absolute atomic E-state index is 12.6. The Morgan fingerprint density at radius 1 is 1.00 bits per heavy atom. The van der Waals surface area contributed by atoms with Crippen molar-refractivity contribution in [3.8, 4) is 0 Å². The molecule has 0 saturated carbocycles. The van der Waals surface area contributed by atoms with Gasteiger partial charge < -0.3 is 14.5 Å². The molecule has 2 saturated heterocycles. The summed E-state index contributed by atoms with van der Waals surface area (Å²) in [7, 11) is 0. The molecule has 2 bridgehead atoms. The van der Waals surface area contributed by atoms with Gasteiger partial charge in [0.15, 0.2) is 0 Å². The number of fused-ring (bicyclic) bond motifs is 4. The summed E-state index contributed by atoms with van der Waals surface area (Å²) in [5.41, 5.74) is 2.07. The molecule has 0 unspecified atom stereocenters. The highest BCUT2D eigenvalue weighted by Crippen LogP contribution is 2.49. The molecule has 3 aliphatic rings. The maximum Gasteiger partial charge on any atom is 0.410 e. The molecule has 2 aromatic rings. The molecule has 3 aliphatic heterocycles. The number of likely N-dealkylation sites (tertiary alicyclic amines) is 2. The first-order valence-corrected chi connectivity index (χ1v) is 13.4. The number of hydrogen-bond acceptors (Lipinski definition) is 5. The van der Waals surface area contributed by atoms with Crippen LogP contribution in [-0.4, -0.2) is 59.8 Å². The van der Waals surface area contributed by atoms with E-state index in [9.17, 15) is 4.79 Å². The van der Waals surface area contributed by atoms with E-state index in [1.165, 1.54) is 21.2 Å². The van der Waals surface area contributed by atoms with Crippen molar-refractivity contribution in [3.05, 3.63) is 45.3 Å². The van der Waals surface area contributed by atoms with Gasteiger partial charge in [0.1, 0.15) is 5.60 Å². The van der Waals surface area contributed by atoms with Crippen molar-refractivity contribution in [1.29, 1.82) is 0 Å². The summed E-state index contributed by atoms with van der Waals surface area (Å²) in [5.74, 6) is 0. The van der Waals surface area contributed by atoms with Crippen LogP contribution in [0.25, 0.3) is 0 Å². The quantitative estimate of drug-likeness (QED) is 0.414. The normalized spacial score (nSPS) is 22.2. The van der Waals surface area contributed by atoms with Gasteiger partial charge in [-0.2, -0.15) is 0 Å². The van der Waals surface area contributed by atoms with E-state index in [1.807, 2.05) is 37.4 Å². The number of ether oxygens (including phenoxy) is 1. The minimum absolute atomic E-state index is 0.170. The Hall–Kier alpha value is -1.22. The second-order valence-corrected chi connectivity index (χ2v) is 12.6. The Morgan fingerprint density at radius 2 is 1.62 bits per heavy atom. The van der Waals surface area contributed by atoms with Crippen LogP contribution in [-0.2, 0) is 4.74 Å². The number of carbonyl (C=O) groups is 1. The smallest absolute Gasteiger partial charge is 0.410 e. The van der Waals surface area contributed by atoms with Crippen LogP contribution in [0.15, 0.2) is 55.1 Å². The Kier molecular flexibility index (Phi) is 6.01. The number of halogens is 2. The zero-order valence-corrected chi connectivity index (χ0v) is 22.5. The number of nitrogens with zero attached hydrogens (tertiary/aromatic N) is 3. The lowest BCUT2D eigenvalue weighted by Gasteiger charge is -2.38. The van der Waals surface area contributed by atoms with Crippen molar-refractivity contribution in [1.82, 2.24) is 9.80 Å². The molecule has 0 spiro atoms. The van der Waals surface area contributed by atoms with Gasteiger partial charge in [0.25, 0.3) is 0 Å². The number of anilines is 2. The summed E-state index contributed by atoms with van der Waals surface area (Å²) < 4.78 is 7.81. The van der Waals surface area contributed by atoms with E-state index >= 15 is 0 Å². The zero-order valence-electron chi connectivity index (χ0n) is 18.5. The van der Waals surface area contributed by atoms with E-state index in [0.29, 0.717) is 6.04 Å². The molecular formula is C24H27Br2N3O2S. The third-order valence-corrected chi connectivity index (χ3v) is 8.32. The first kappa shape index (κ1) is 22.6. The monoisotopic (exact) mass is 579 g/mol. The van der Waals surface area contributed by atoms with Gasteiger partial charge >= 0.3 is 6.09 Å². The van der Waals surface area contributed by atoms with Crippen LogP contribution in [0.2, 0.25) is 0 Å². The van der Waals surface area contributed by atoms with Gasteiger partial charge in [-0.05, 0) is 63.6 Å². The molecule has 2 aromatic carbocycles. The molecule has 2 atom stereocenters. The van der Waals surface area contributed by atoms with E-state index in [1.54, 1.807) is 0 Å². The predicted molar refractivity (Wildman–Crippen MR) is 136 cm³/mol. The first-order chi connectivity index (χ1) is 15.2. The van der Waals surface area contributed by atoms with Crippen molar-refractivity contribution < 1.29 is 9.53 Å². The van der Waals surface area contributed by atoms with Gasteiger partial charge in [0, 0.05) is 57.0 Å². The number of hydrogen-bond donors (Lipinski definition) is 0. The van der Waals surface area contributed by atoms with Crippen LogP contribution >= 0.6 is 43.6 Å². The highest BCUT2D eigenvalue weighted by atomic mass is 79.9. The van der Waals surface area contributed by atoms with Crippen LogP contribution in [0.3, 0.4) is 0 Å². The molecule has 3 heterocycles. The van der Waals surface area contributed by atoms with Gasteiger partial charge in [0.2, 0.25) is 0 Å². The van der Waals surface area contributed by atoms with Gasteiger partial charge in [-0.25, -0.2) is 4.79 Å². The lowest BCUT2D eigenvalue weighted by molar-refractivity contribution is 0.0132. The number of piperazine rings is 1. The molecule has 8 heteroatoms. The molecular weight excluding hydrogens is 554 g/mol. The van der Waals surface area contributed by atoms with Crippen molar-refractivity contribution in [2.45, 2.75) is 54.7 Å². The lowest BCUT2D eigenvalue weighted by atomic mass is 10.2. The molecule has 32 heavy (non-hydrogen) atoms. The van der Waals surface area contributed by atoms with Crippen molar-refractivity contribution >= 4 is 61.1 Å². The topological polar surface area (TPSA) is 36.0 Å². The van der Waals surface area contributed by atoms with Gasteiger partial charge in [-0.15, -0.1) is 0 Å². The molecule has 5 rings (SSSR count). The molecule has 2 fully saturated rings. The number of amides is 1. The average Bonchev–Trinajstić information content (AvgIpc) is 3.30. The Bertz CT molecular complexity index is 1010. The summed E-state index contributed by atoms with van der Waals surface area (Å²) in [6, 6.07) is 13.7. The minimum atomic E-state index is -0.449. The van der Waals surface area contributed by atoms with E-state index in [0.717, 1.165) is 41.5 Å².